The van der Waals surface area contributed by atoms with Crippen LogP contribution in [0.1, 0.15) is 15.4 Å². The van der Waals surface area contributed by atoms with Crippen molar-refractivity contribution in [1.82, 2.24) is 9.78 Å². The predicted molar refractivity (Wildman–Crippen MR) is 111 cm³/mol. The molecule has 2 aromatic heterocycles. The van der Waals surface area contributed by atoms with Crippen molar-refractivity contribution >= 4 is 49.1 Å². The molecule has 0 aliphatic carbocycles. The Bertz CT molecular complexity index is 1080. The van der Waals surface area contributed by atoms with Crippen molar-refractivity contribution in [1.29, 1.82) is 0 Å². The molecule has 26 heavy (non-hydrogen) atoms. The molecule has 0 fully saturated rings. The Balaban J connectivity index is 1.71. The van der Waals surface area contributed by atoms with Gasteiger partial charge in [-0.3, -0.25) is 9.48 Å². The standard InChI is InChI=1S/C20H16BrN3OS/c1-12-18(13-7-9-15(21)10-8-13)19(24(2)23-12)22-20(25)17-11-14-5-3-4-6-16(14)26-17/h3-11H,1-2H3,(H,22,25). The normalized spacial score (nSPS) is 11.0. The molecule has 2 aromatic carbocycles. The molecular formula is C20H16BrN3OS. The van der Waals surface area contributed by atoms with E-state index in [-0.39, 0.29) is 5.91 Å². The van der Waals surface area contributed by atoms with E-state index >= 15 is 0 Å². The van der Waals surface area contributed by atoms with E-state index in [1.165, 1.54) is 11.3 Å². The highest BCUT2D eigenvalue weighted by molar-refractivity contribution is 9.10. The largest absolute Gasteiger partial charge is 0.306 e. The van der Waals surface area contributed by atoms with Crippen LogP contribution in [0.15, 0.2) is 59.1 Å². The second-order valence-electron chi connectivity index (χ2n) is 6.04. The Labute approximate surface area is 163 Å². The van der Waals surface area contributed by atoms with Gasteiger partial charge in [-0.05, 0) is 42.1 Å². The van der Waals surface area contributed by atoms with E-state index in [9.17, 15) is 4.79 Å². The molecule has 0 aliphatic heterocycles. The number of rotatable bonds is 3. The lowest BCUT2D eigenvalue weighted by Crippen LogP contribution is -2.13. The fourth-order valence-electron chi connectivity index (χ4n) is 3.03. The van der Waals surface area contributed by atoms with Gasteiger partial charge in [0.15, 0.2) is 0 Å². The van der Waals surface area contributed by atoms with E-state index in [1.807, 2.05) is 68.6 Å². The minimum Gasteiger partial charge on any atom is -0.306 e. The molecule has 1 amide bonds. The number of hydrogen-bond donors (Lipinski definition) is 1. The van der Waals surface area contributed by atoms with E-state index in [2.05, 4.69) is 26.3 Å². The minimum atomic E-state index is -0.118. The average molecular weight is 426 g/mol. The number of hydrogen-bond acceptors (Lipinski definition) is 3. The lowest BCUT2D eigenvalue weighted by atomic mass is 10.1. The van der Waals surface area contributed by atoms with Gasteiger partial charge in [-0.2, -0.15) is 5.10 Å². The molecule has 6 heteroatoms. The van der Waals surface area contributed by atoms with Gasteiger partial charge in [0.25, 0.3) is 5.91 Å². The predicted octanol–water partition coefficient (Wildman–Crippen LogP) is 5.63. The molecule has 1 N–H and O–H groups in total. The van der Waals surface area contributed by atoms with Crippen LogP contribution in [-0.4, -0.2) is 15.7 Å². The number of carbonyl (C=O) groups excluding carboxylic acids is 1. The van der Waals surface area contributed by atoms with Crippen LogP contribution in [0.5, 0.6) is 0 Å². The van der Waals surface area contributed by atoms with Crippen LogP contribution in [0.2, 0.25) is 0 Å². The van der Waals surface area contributed by atoms with Crippen LogP contribution in [0.3, 0.4) is 0 Å². The summed E-state index contributed by atoms with van der Waals surface area (Å²) in [5.74, 6) is 0.583. The molecular weight excluding hydrogens is 410 g/mol. The summed E-state index contributed by atoms with van der Waals surface area (Å²) in [7, 11) is 1.84. The number of nitrogens with zero attached hydrogens (tertiary/aromatic N) is 2. The maximum absolute atomic E-state index is 12.8. The molecule has 4 rings (SSSR count). The Morgan fingerprint density at radius 3 is 2.62 bits per heavy atom. The smallest absolute Gasteiger partial charge is 0.266 e. The van der Waals surface area contributed by atoms with Crippen molar-refractivity contribution in [2.24, 2.45) is 7.05 Å². The summed E-state index contributed by atoms with van der Waals surface area (Å²) in [6.45, 7) is 1.95. The van der Waals surface area contributed by atoms with Crippen LogP contribution in [0.4, 0.5) is 5.82 Å². The van der Waals surface area contributed by atoms with Gasteiger partial charge < -0.3 is 5.32 Å². The maximum atomic E-state index is 12.8. The summed E-state index contributed by atoms with van der Waals surface area (Å²) in [5, 5.41) is 8.62. The van der Waals surface area contributed by atoms with Crippen LogP contribution in [-0.2, 0) is 7.05 Å². The van der Waals surface area contributed by atoms with Gasteiger partial charge in [-0.25, -0.2) is 0 Å². The van der Waals surface area contributed by atoms with Crippen molar-refractivity contribution in [3.8, 4) is 11.1 Å². The molecule has 0 bridgehead atoms. The Kier molecular flexibility index (Phi) is 4.38. The monoisotopic (exact) mass is 425 g/mol. The van der Waals surface area contributed by atoms with E-state index in [1.54, 1.807) is 4.68 Å². The highest BCUT2D eigenvalue weighted by atomic mass is 79.9. The molecule has 130 valence electrons. The molecule has 4 aromatic rings. The number of nitrogens with one attached hydrogen (secondary N) is 1. The van der Waals surface area contributed by atoms with Crippen LogP contribution in [0, 0.1) is 6.92 Å². The number of fused-ring (bicyclic) bond motifs is 1. The van der Waals surface area contributed by atoms with Gasteiger partial charge in [-0.15, -0.1) is 11.3 Å². The summed E-state index contributed by atoms with van der Waals surface area (Å²) in [6, 6.07) is 17.9. The van der Waals surface area contributed by atoms with E-state index in [0.717, 1.165) is 31.4 Å². The summed E-state index contributed by atoms with van der Waals surface area (Å²) in [6.07, 6.45) is 0. The Morgan fingerprint density at radius 2 is 1.88 bits per heavy atom. The quantitative estimate of drug-likeness (QED) is 0.462. The SMILES string of the molecule is Cc1nn(C)c(NC(=O)c2cc3ccccc3s2)c1-c1ccc(Br)cc1. The molecule has 0 saturated carbocycles. The van der Waals surface area contributed by atoms with Crippen LogP contribution in [0.25, 0.3) is 21.2 Å². The first kappa shape index (κ1) is 17.0. The number of amides is 1. The number of benzene rings is 2. The van der Waals surface area contributed by atoms with Crippen molar-refractivity contribution in [2.45, 2.75) is 6.92 Å². The topological polar surface area (TPSA) is 46.9 Å². The van der Waals surface area contributed by atoms with Gasteiger partial charge in [0.05, 0.1) is 10.6 Å². The van der Waals surface area contributed by atoms with Crippen molar-refractivity contribution in [3.63, 3.8) is 0 Å². The number of aryl methyl sites for hydroxylation is 2. The van der Waals surface area contributed by atoms with Gasteiger partial charge in [0.2, 0.25) is 0 Å². The summed E-state index contributed by atoms with van der Waals surface area (Å²) < 4.78 is 3.84. The van der Waals surface area contributed by atoms with E-state index < -0.39 is 0 Å². The first-order valence-corrected chi connectivity index (χ1v) is 9.73. The molecule has 0 spiro atoms. The fraction of sp³-hybridized carbons (Fsp3) is 0.100. The summed E-state index contributed by atoms with van der Waals surface area (Å²) >= 11 is 4.95. The number of aromatic nitrogens is 2. The van der Waals surface area contributed by atoms with E-state index in [0.29, 0.717) is 10.7 Å². The highest BCUT2D eigenvalue weighted by Crippen LogP contribution is 2.33. The number of thiophene rings is 1. The Hall–Kier alpha value is -2.44. The second-order valence-corrected chi connectivity index (χ2v) is 8.04. The lowest BCUT2D eigenvalue weighted by molar-refractivity contribution is 0.102. The number of anilines is 1. The number of carbonyl (C=O) groups is 1. The first-order valence-electron chi connectivity index (χ1n) is 8.12. The minimum absolute atomic E-state index is 0.118. The third kappa shape index (κ3) is 3.06. The zero-order valence-electron chi connectivity index (χ0n) is 14.3. The van der Waals surface area contributed by atoms with Crippen LogP contribution >= 0.6 is 27.3 Å². The molecule has 0 atom stereocenters. The van der Waals surface area contributed by atoms with E-state index in [4.69, 9.17) is 0 Å². The maximum Gasteiger partial charge on any atom is 0.266 e. The zero-order valence-corrected chi connectivity index (χ0v) is 16.7. The van der Waals surface area contributed by atoms with Gasteiger partial charge >= 0.3 is 0 Å². The van der Waals surface area contributed by atoms with Crippen molar-refractivity contribution in [3.05, 3.63) is 69.6 Å². The highest BCUT2D eigenvalue weighted by Gasteiger charge is 2.19. The van der Waals surface area contributed by atoms with Crippen LogP contribution < -0.4 is 5.32 Å². The van der Waals surface area contributed by atoms with Crippen molar-refractivity contribution in [2.75, 3.05) is 5.32 Å². The molecule has 0 unspecified atom stereocenters. The summed E-state index contributed by atoms with van der Waals surface area (Å²) in [5.41, 5.74) is 2.83. The lowest BCUT2D eigenvalue weighted by Gasteiger charge is -2.08. The third-order valence-electron chi connectivity index (χ3n) is 4.24. The van der Waals surface area contributed by atoms with Gasteiger partial charge in [-0.1, -0.05) is 46.3 Å². The summed E-state index contributed by atoms with van der Waals surface area (Å²) in [4.78, 5) is 13.5. The van der Waals surface area contributed by atoms with Gasteiger partial charge in [0, 0.05) is 21.8 Å². The Morgan fingerprint density at radius 1 is 1.15 bits per heavy atom. The molecule has 0 aliphatic rings. The molecule has 0 radical (unpaired) electrons. The fourth-order valence-corrected chi connectivity index (χ4v) is 4.25. The molecule has 0 saturated heterocycles. The van der Waals surface area contributed by atoms with Gasteiger partial charge in [0.1, 0.15) is 5.82 Å². The molecule has 4 nitrogen and oxygen atoms in total. The second kappa shape index (κ2) is 6.70. The first-order chi connectivity index (χ1) is 12.5. The molecule has 2 heterocycles. The number of halogens is 1. The van der Waals surface area contributed by atoms with Crippen molar-refractivity contribution < 1.29 is 4.79 Å². The average Bonchev–Trinajstić information content (AvgIpc) is 3.17. The zero-order chi connectivity index (χ0) is 18.3. The third-order valence-corrected chi connectivity index (χ3v) is 5.88.